The third-order valence-corrected chi connectivity index (χ3v) is 7.57. The van der Waals surface area contributed by atoms with Crippen molar-refractivity contribution in [1.82, 2.24) is 9.99 Å². The van der Waals surface area contributed by atoms with Crippen LogP contribution in [-0.2, 0) is 11.2 Å². The van der Waals surface area contributed by atoms with Gasteiger partial charge in [0.25, 0.3) is 5.91 Å². The second-order valence-electron chi connectivity index (χ2n) is 9.84. The van der Waals surface area contributed by atoms with Crippen LogP contribution < -0.4 is 5.84 Å². The molecule has 1 aromatic heterocycles. The summed E-state index contributed by atoms with van der Waals surface area (Å²) in [5, 5.41) is 1.22. The summed E-state index contributed by atoms with van der Waals surface area (Å²) in [5.74, 6) is 5.50. The molecular weight excluding hydrogens is 428 g/mol. The Hall–Kier alpha value is -2.32. The number of hydrogen-bond donors (Lipinski definition) is 1. The highest BCUT2D eigenvalue weighted by Crippen LogP contribution is 2.52. The van der Waals surface area contributed by atoms with Crippen LogP contribution in [0.2, 0.25) is 0 Å². The predicted octanol–water partition coefficient (Wildman–Crippen LogP) is 4.74. The van der Waals surface area contributed by atoms with Gasteiger partial charge in [0, 0.05) is 24.9 Å². The van der Waals surface area contributed by atoms with Crippen LogP contribution in [0.4, 0.5) is 8.78 Å². The van der Waals surface area contributed by atoms with E-state index in [0.717, 1.165) is 31.2 Å². The Bertz CT molecular complexity index is 965. The van der Waals surface area contributed by atoms with E-state index in [-0.39, 0.29) is 35.6 Å². The number of carbonyl (C=O) groups excluding carboxylic acids is 1. The van der Waals surface area contributed by atoms with Gasteiger partial charge in [0.05, 0.1) is 18.1 Å². The molecule has 178 valence electrons. The number of fused-ring (bicyclic) bond motifs is 1. The van der Waals surface area contributed by atoms with Gasteiger partial charge in [-0.2, -0.15) is 0 Å². The van der Waals surface area contributed by atoms with E-state index < -0.39 is 11.6 Å². The molecule has 4 aliphatic rings. The molecule has 2 bridgehead atoms. The average Bonchev–Trinajstić information content (AvgIpc) is 3.45. The summed E-state index contributed by atoms with van der Waals surface area (Å²) in [5.41, 5.74) is 0.762. The lowest BCUT2D eigenvalue weighted by Crippen LogP contribution is -2.38. The summed E-state index contributed by atoms with van der Waals surface area (Å²) >= 11 is 0. The molecule has 6 nitrogen and oxygen atoms in total. The van der Waals surface area contributed by atoms with E-state index >= 15 is 0 Å². The van der Waals surface area contributed by atoms with Gasteiger partial charge in [-0.05, 0) is 42.9 Å². The Morgan fingerprint density at radius 2 is 1.85 bits per heavy atom. The number of nitrogens with zero attached hydrogens (tertiary/aromatic N) is 2. The molecule has 2 saturated carbocycles. The van der Waals surface area contributed by atoms with Crippen LogP contribution in [0, 0.1) is 23.5 Å². The van der Waals surface area contributed by atoms with E-state index in [2.05, 4.69) is 4.98 Å². The molecule has 2 N–H and O–H groups in total. The van der Waals surface area contributed by atoms with Crippen molar-refractivity contribution in [3.63, 3.8) is 0 Å². The number of ether oxygens (including phenoxy) is 1. The molecule has 4 fully saturated rings. The summed E-state index contributed by atoms with van der Waals surface area (Å²) < 4.78 is 38.8. The Morgan fingerprint density at radius 3 is 2.58 bits per heavy atom. The maximum atomic E-state index is 13.6. The first kappa shape index (κ1) is 22.5. The molecule has 0 unspecified atom stereocenters. The van der Waals surface area contributed by atoms with Crippen molar-refractivity contribution < 1.29 is 22.7 Å². The van der Waals surface area contributed by atoms with Crippen molar-refractivity contribution in [2.24, 2.45) is 17.7 Å². The van der Waals surface area contributed by atoms with Gasteiger partial charge in [-0.3, -0.25) is 9.80 Å². The van der Waals surface area contributed by atoms with Gasteiger partial charge in [0.2, 0.25) is 5.89 Å². The van der Waals surface area contributed by atoms with Crippen molar-refractivity contribution in [3.8, 4) is 0 Å². The smallest absolute Gasteiger partial charge is 0.289 e. The molecule has 4 atom stereocenters. The van der Waals surface area contributed by atoms with Crippen LogP contribution in [0.15, 0.2) is 28.9 Å². The first-order chi connectivity index (χ1) is 16.0. The molecule has 2 aliphatic heterocycles. The molecule has 3 heterocycles. The number of oxazole rings is 1. The fraction of sp³-hybridized carbons (Fsp3) is 0.600. The minimum atomic E-state index is -0.594. The summed E-state index contributed by atoms with van der Waals surface area (Å²) in [4.78, 5) is 17.2. The molecule has 2 saturated heterocycles. The lowest BCUT2D eigenvalue weighted by Gasteiger charge is -2.26. The summed E-state index contributed by atoms with van der Waals surface area (Å²) in [6, 6.07) is 3.56. The van der Waals surface area contributed by atoms with E-state index in [1.807, 2.05) is 0 Å². The van der Waals surface area contributed by atoms with Gasteiger partial charge in [-0.15, -0.1) is 0 Å². The molecule has 33 heavy (non-hydrogen) atoms. The van der Waals surface area contributed by atoms with E-state index in [4.69, 9.17) is 15.0 Å². The number of amides is 1. The number of halogens is 2. The number of nitrogens with two attached hydrogens (primary N) is 1. The molecule has 0 spiro atoms. The van der Waals surface area contributed by atoms with Crippen molar-refractivity contribution in [2.45, 2.75) is 75.9 Å². The van der Waals surface area contributed by atoms with Gasteiger partial charge in [0.15, 0.2) is 5.69 Å². The molecule has 2 aromatic rings. The van der Waals surface area contributed by atoms with Crippen molar-refractivity contribution >= 4 is 5.91 Å². The van der Waals surface area contributed by atoms with Crippen LogP contribution in [0.1, 0.15) is 79.2 Å². The van der Waals surface area contributed by atoms with Crippen LogP contribution in [0.25, 0.3) is 0 Å². The summed E-state index contributed by atoms with van der Waals surface area (Å²) in [6.07, 6.45) is 11.1. The zero-order valence-electron chi connectivity index (χ0n) is 18.7. The first-order valence-electron chi connectivity index (χ1n) is 12.1. The third kappa shape index (κ3) is 4.82. The van der Waals surface area contributed by atoms with Crippen LogP contribution in [0.5, 0.6) is 0 Å². The zero-order valence-corrected chi connectivity index (χ0v) is 18.7. The fourth-order valence-corrected chi connectivity index (χ4v) is 5.87. The monoisotopic (exact) mass is 459 g/mol. The van der Waals surface area contributed by atoms with E-state index in [1.54, 1.807) is 0 Å². The number of benzene rings is 1. The number of hydrogen-bond acceptors (Lipinski definition) is 5. The second kappa shape index (κ2) is 9.50. The molecule has 2 aliphatic carbocycles. The number of hydrazine groups is 1. The molecule has 0 radical (unpaired) electrons. The average molecular weight is 460 g/mol. The topological polar surface area (TPSA) is 81.6 Å². The quantitative estimate of drug-likeness (QED) is 0.350. The Balaban J connectivity index is 1.20. The van der Waals surface area contributed by atoms with Gasteiger partial charge in [-0.25, -0.2) is 19.6 Å². The number of carbonyl (C=O) groups is 1. The highest BCUT2D eigenvalue weighted by molar-refractivity contribution is 5.91. The van der Waals surface area contributed by atoms with E-state index in [0.29, 0.717) is 24.4 Å². The van der Waals surface area contributed by atoms with Gasteiger partial charge in [-0.1, -0.05) is 32.1 Å². The van der Waals surface area contributed by atoms with Gasteiger partial charge in [0.1, 0.15) is 17.9 Å². The molecule has 6 rings (SSSR count). The lowest BCUT2D eigenvalue weighted by atomic mass is 9.86. The van der Waals surface area contributed by atoms with Crippen molar-refractivity contribution in [3.05, 3.63) is 53.2 Å². The minimum Gasteiger partial charge on any atom is -0.448 e. The van der Waals surface area contributed by atoms with E-state index in [1.165, 1.54) is 55.5 Å². The Morgan fingerprint density at radius 1 is 1.12 bits per heavy atom. The zero-order chi connectivity index (χ0) is 22.9. The van der Waals surface area contributed by atoms with Gasteiger partial charge < -0.3 is 9.15 Å². The van der Waals surface area contributed by atoms with Gasteiger partial charge >= 0.3 is 0 Å². The third-order valence-electron chi connectivity index (χ3n) is 7.57. The molecule has 1 amide bonds. The SMILES string of the molecule is NN(CCCC1CCCCC1)C(=O)c1coc([C@@H]2[C@H](Cc3cc(F)cc(F)c3)[C@@H]3C[C@H]2O3)n1. The highest BCUT2D eigenvalue weighted by atomic mass is 19.1. The second-order valence-corrected chi connectivity index (χ2v) is 9.84. The summed E-state index contributed by atoms with van der Waals surface area (Å²) in [6.45, 7) is 0.489. The maximum Gasteiger partial charge on any atom is 0.289 e. The number of aromatic nitrogens is 1. The van der Waals surface area contributed by atoms with Crippen LogP contribution in [-0.4, -0.2) is 34.7 Å². The largest absolute Gasteiger partial charge is 0.448 e. The van der Waals surface area contributed by atoms with Crippen molar-refractivity contribution in [1.29, 1.82) is 0 Å². The lowest BCUT2D eigenvalue weighted by molar-refractivity contribution is -0.0777. The fourth-order valence-electron chi connectivity index (χ4n) is 5.87. The Kier molecular flexibility index (Phi) is 6.47. The van der Waals surface area contributed by atoms with Crippen LogP contribution >= 0.6 is 0 Å². The molecule has 8 heteroatoms. The number of rotatable bonds is 8. The molecular formula is C25H31F2N3O3. The normalized spacial score (nSPS) is 26.9. The van der Waals surface area contributed by atoms with Crippen molar-refractivity contribution in [2.75, 3.05) is 6.54 Å². The predicted molar refractivity (Wildman–Crippen MR) is 117 cm³/mol. The Labute approximate surface area is 192 Å². The van der Waals surface area contributed by atoms with E-state index in [9.17, 15) is 13.6 Å². The minimum absolute atomic E-state index is 0.00294. The first-order valence-corrected chi connectivity index (χ1v) is 12.1. The van der Waals surface area contributed by atoms with Crippen LogP contribution in [0.3, 0.4) is 0 Å². The molecule has 1 aromatic carbocycles. The summed E-state index contributed by atoms with van der Waals surface area (Å²) in [7, 11) is 0. The highest BCUT2D eigenvalue weighted by Gasteiger charge is 2.56. The maximum absolute atomic E-state index is 13.6. The standard InChI is InChI=1S/C25H31F2N3O3/c26-17-9-16(10-18(27)12-17)11-19-21-13-22(33-21)23(19)24-29-20(14-32-24)25(31)30(28)8-4-7-15-5-2-1-3-6-15/h9-10,12,14-15,19,21-23H,1-8,11,13,28H2/t19-,21+,22-,23-/m1/s1.